The number of rotatable bonds is 7. The first-order valence-corrected chi connectivity index (χ1v) is 11.6. The molecular weight excluding hydrogens is 412 g/mol. The Morgan fingerprint density at radius 2 is 2.00 bits per heavy atom. The van der Waals surface area contributed by atoms with E-state index in [1.165, 1.54) is 31.0 Å². The summed E-state index contributed by atoms with van der Waals surface area (Å²) >= 11 is 1.42. The molecule has 2 N–H and O–H groups in total. The largest absolute Gasteiger partial charge is 0.495 e. The molecule has 1 atom stereocenters. The van der Waals surface area contributed by atoms with Gasteiger partial charge in [0.05, 0.1) is 34.4 Å². The Hall–Kier alpha value is -2.52. The second kappa shape index (κ2) is 8.87. The molecule has 2 aromatic carbocycles. The maximum Gasteiger partial charge on any atom is 0.237 e. The highest BCUT2D eigenvalue weighted by molar-refractivity contribution is 8.01. The number of nitrogens with one attached hydrogen (secondary N) is 2. The normalized spacial score (nSPS) is 15.9. The maximum absolute atomic E-state index is 12.7. The lowest BCUT2D eigenvalue weighted by Crippen LogP contribution is -2.28. The van der Waals surface area contributed by atoms with Crippen molar-refractivity contribution in [1.82, 2.24) is 0 Å². The van der Waals surface area contributed by atoms with Crippen molar-refractivity contribution in [2.24, 2.45) is 0 Å². The number of ether oxygens (including phenoxy) is 1. The number of thioether (sulfide) groups is 1. The van der Waals surface area contributed by atoms with Gasteiger partial charge in [0.15, 0.2) is 9.84 Å². The lowest BCUT2D eigenvalue weighted by atomic mass is 10.2. The number of hydrogen-bond donors (Lipinski definition) is 2. The van der Waals surface area contributed by atoms with Crippen LogP contribution in [0.4, 0.5) is 11.4 Å². The minimum Gasteiger partial charge on any atom is -0.495 e. The monoisotopic (exact) mass is 434 g/mol. The number of benzene rings is 2. The van der Waals surface area contributed by atoms with Gasteiger partial charge in [-0.1, -0.05) is 19.1 Å². The molecule has 0 aromatic heterocycles. The van der Waals surface area contributed by atoms with Crippen molar-refractivity contribution in [2.75, 3.05) is 23.5 Å². The standard InChI is InChI=1S/C20H22N2O5S2/c1-3-17-20(24)22-15-12-13(8-9-18(15)28-17)29(25,26)11-10-19(23)21-14-6-4-5-7-16(14)27-2/h4-9,12,17H,3,10-11H2,1-2H3,(H,21,23)(H,22,24)/t17-/m1/s1. The fourth-order valence-corrected chi connectivity index (χ4v) is 5.18. The van der Waals surface area contributed by atoms with Crippen LogP contribution in [0.3, 0.4) is 0 Å². The summed E-state index contributed by atoms with van der Waals surface area (Å²) in [5.74, 6) is -0.399. The number of anilines is 2. The number of fused-ring (bicyclic) bond motifs is 1. The highest BCUT2D eigenvalue weighted by Gasteiger charge is 2.27. The number of amides is 2. The minimum atomic E-state index is -3.69. The summed E-state index contributed by atoms with van der Waals surface area (Å²) in [7, 11) is -2.19. The van der Waals surface area contributed by atoms with Crippen LogP contribution < -0.4 is 15.4 Å². The molecule has 2 amide bonds. The number of hydrogen-bond acceptors (Lipinski definition) is 6. The van der Waals surface area contributed by atoms with E-state index in [0.29, 0.717) is 23.5 Å². The fourth-order valence-electron chi connectivity index (χ4n) is 2.90. The van der Waals surface area contributed by atoms with Crippen LogP contribution in [0.15, 0.2) is 52.3 Å². The summed E-state index contributed by atoms with van der Waals surface area (Å²) in [6.07, 6.45) is 0.494. The molecule has 3 rings (SSSR count). The van der Waals surface area contributed by atoms with Crippen LogP contribution in [0.1, 0.15) is 19.8 Å². The molecule has 1 heterocycles. The van der Waals surface area contributed by atoms with E-state index in [1.54, 1.807) is 30.3 Å². The molecule has 9 heteroatoms. The van der Waals surface area contributed by atoms with Gasteiger partial charge in [0, 0.05) is 11.3 Å². The van der Waals surface area contributed by atoms with Gasteiger partial charge in [-0.3, -0.25) is 9.59 Å². The van der Waals surface area contributed by atoms with Crippen molar-refractivity contribution in [3.8, 4) is 5.75 Å². The number of methoxy groups -OCH3 is 1. The van der Waals surface area contributed by atoms with Gasteiger partial charge in [-0.15, -0.1) is 11.8 Å². The molecule has 0 fully saturated rings. The Kier molecular flexibility index (Phi) is 6.49. The van der Waals surface area contributed by atoms with Gasteiger partial charge in [0.1, 0.15) is 5.75 Å². The highest BCUT2D eigenvalue weighted by atomic mass is 32.2. The van der Waals surface area contributed by atoms with Crippen molar-refractivity contribution in [3.05, 3.63) is 42.5 Å². The Labute approximate surface area is 174 Å². The quantitative estimate of drug-likeness (QED) is 0.693. The predicted molar refractivity (Wildman–Crippen MR) is 113 cm³/mol. The molecule has 7 nitrogen and oxygen atoms in total. The van der Waals surface area contributed by atoms with E-state index in [0.717, 1.165) is 4.90 Å². The zero-order valence-corrected chi connectivity index (χ0v) is 17.7. The van der Waals surface area contributed by atoms with Crippen LogP contribution in [0, 0.1) is 0 Å². The first-order chi connectivity index (χ1) is 13.8. The molecule has 0 spiro atoms. The zero-order valence-electron chi connectivity index (χ0n) is 16.1. The third-order valence-corrected chi connectivity index (χ3v) is 7.63. The first-order valence-electron chi connectivity index (χ1n) is 9.11. The average Bonchev–Trinajstić information content (AvgIpc) is 2.71. The van der Waals surface area contributed by atoms with Gasteiger partial charge < -0.3 is 15.4 Å². The molecule has 0 aliphatic carbocycles. The summed E-state index contributed by atoms with van der Waals surface area (Å²) < 4.78 is 30.5. The van der Waals surface area contributed by atoms with Gasteiger partial charge in [-0.05, 0) is 36.8 Å². The lowest BCUT2D eigenvalue weighted by molar-refractivity contribution is -0.116. The van der Waals surface area contributed by atoms with Crippen LogP contribution in [0.5, 0.6) is 5.75 Å². The van der Waals surface area contributed by atoms with Crippen LogP contribution in [0.25, 0.3) is 0 Å². The second-order valence-electron chi connectivity index (χ2n) is 6.48. The third-order valence-electron chi connectivity index (χ3n) is 4.48. The molecule has 2 aromatic rings. The fraction of sp³-hybridized carbons (Fsp3) is 0.300. The summed E-state index contributed by atoms with van der Waals surface area (Å²) in [5.41, 5.74) is 0.973. The van der Waals surface area contributed by atoms with E-state index in [-0.39, 0.29) is 28.2 Å². The number of sulfone groups is 1. The van der Waals surface area contributed by atoms with Gasteiger partial charge in [0.2, 0.25) is 11.8 Å². The van der Waals surface area contributed by atoms with Crippen molar-refractivity contribution in [2.45, 2.75) is 34.8 Å². The van der Waals surface area contributed by atoms with Gasteiger partial charge in [0.25, 0.3) is 0 Å². The molecule has 1 aliphatic rings. The minimum absolute atomic E-state index is 0.0807. The first kappa shape index (κ1) is 21.2. The average molecular weight is 435 g/mol. The van der Waals surface area contributed by atoms with Crippen molar-refractivity contribution in [3.63, 3.8) is 0 Å². The Morgan fingerprint density at radius 3 is 2.72 bits per heavy atom. The molecule has 0 unspecified atom stereocenters. The van der Waals surface area contributed by atoms with E-state index in [4.69, 9.17) is 4.74 Å². The Balaban J connectivity index is 1.68. The topological polar surface area (TPSA) is 102 Å². The molecule has 0 saturated heterocycles. The Bertz CT molecular complexity index is 1040. The summed E-state index contributed by atoms with van der Waals surface area (Å²) in [4.78, 5) is 25.2. The van der Waals surface area contributed by atoms with E-state index in [1.807, 2.05) is 6.92 Å². The smallest absolute Gasteiger partial charge is 0.237 e. The van der Waals surface area contributed by atoms with Gasteiger partial charge in [-0.2, -0.15) is 0 Å². The van der Waals surface area contributed by atoms with Gasteiger partial charge >= 0.3 is 0 Å². The van der Waals surface area contributed by atoms with Crippen LogP contribution in [-0.2, 0) is 19.4 Å². The van der Waals surface area contributed by atoms with Crippen molar-refractivity contribution >= 4 is 44.8 Å². The van der Waals surface area contributed by atoms with E-state index < -0.39 is 15.7 Å². The molecule has 0 radical (unpaired) electrons. The molecular formula is C20H22N2O5S2. The highest BCUT2D eigenvalue weighted by Crippen LogP contribution is 2.38. The molecule has 0 bridgehead atoms. The maximum atomic E-state index is 12.7. The molecule has 154 valence electrons. The van der Waals surface area contributed by atoms with Crippen LogP contribution in [0.2, 0.25) is 0 Å². The Morgan fingerprint density at radius 1 is 1.24 bits per heavy atom. The number of para-hydroxylation sites is 2. The lowest BCUT2D eigenvalue weighted by Gasteiger charge is -2.23. The van der Waals surface area contributed by atoms with Crippen LogP contribution >= 0.6 is 11.8 Å². The summed E-state index contributed by atoms with van der Waals surface area (Å²) in [6, 6.07) is 11.6. The molecule has 29 heavy (non-hydrogen) atoms. The number of carbonyl (C=O) groups excluding carboxylic acids is 2. The summed E-state index contributed by atoms with van der Waals surface area (Å²) in [5, 5.41) is 5.25. The second-order valence-corrected chi connectivity index (χ2v) is 9.83. The van der Waals surface area contributed by atoms with Crippen LogP contribution in [-0.4, -0.2) is 38.3 Å². The van der Waals surface area contributed by atoms with E-state index >= 15 is 0 Å². The van der Waals surface area contributed by atoms with Crippen molar-refractivity contribution in [1.29, 1.82) is 0 Å². The predicted octanol–water partition coefficient (Wildman–Crippen LogP) is 3.32. The summed E-state index contributed by atoms with van der Waals surface area (Å²) in [6.45, 7) is 1.93. The van der Waals surface area contributed by atoms with E-state index in [9.17, 15) is 18.0 Å². The van der Waals surface area contributed by atoms with Gasteiger partial charge in [-0.25, -0.2) is 8.42 Å². The molecule has 0 saturated carbocycles. The van der Waals surface area contributed by atoms with E-state index in [2.05, 4.69) is 10.6 Å². The zero-order chi connectivity index (χ0) is 21.0. The van der Waals surface area contributed by atoms with Crippen molar-refractivity contribution < 1.29 is 22.7 Å². The molecule has 1 aliphatic heterocycles. The number of carbonyl (C=O) groups is 2. The SMILES string of the molecule is CC[C@H]1Sc2ccc(S(=O)(=O)CCC(=O)Nc3ccccc3OC)cc2NC1=O. The third kappa shape index (κ3) is 4.91.